The lowest BCUT2D eigenvalue weighted by atomic mass is 10.2. The quantitative estimate of drug-likeness (QED) is 0.618. The van der Waals surface area contributed by atoms with Gasteiger partial charge < -0.3 is 10.1 Å². The Kier molecular flexibility index (Phi) is 3.08. The molecule has 1 fully saturated rings. The number of cyclic esters (lactones) is 1. The van der Waals surface area contributed by atoms with Gasteiger partial charge in [0.1, 0.15) is 0 Å². The van der Waals surface area contributed by atoms with Crippen LogP contribution in [0, 0.1) is 0 Å². The number of esters is 1. The van der Waals surface area contributed by atoms with Gasteiger partial charge in [-0.2, -0.15) is 0 Å². The highest BCUT2D eigenvalue weighted by Crippen LogP contribution is 2.13. The van der Waals surface area contributed by atoms with Crippen LogP contribution in [0.4, 0.5) is 0 Å². The minimum absolute atomic E-state index is 0.164. The molecule has 0 saturated carbocycles. The van der Waals surface area contributed by atoms with E-state index >= 15 is 0 Å². The van der Waals surface area contributed by atoms with Crippen molar-refractivity contribution in [2.75, 3.05) is 6.54 Å². The summed E-state index contributed by atoms with van der Waals surface area (Å²) in [5.41, 5.74) is 0. The Bertz CT molecular complexity index is 191. The fourth-order valence-electron chi connectivity index (χ4n) is 1.07. The molecule has 1 heterocycles. The number of rotatable bonds is 3. The van der Waals surface area contributed by atoms with E-state index in [1.807, 2.05) is 6.92 Å². The van der Waals surface area contributed by atoms with Gasteiger partial charge in [-0.15, -0.1) is 0 Å². The summed E-state index contributed by atoms with van der Waals surface area (Å²) in [7, 11) is 0. The molecule has 1 saturated heterocycles. The van der Waals surface area contributed by atoms with Gasteiger partial charge in [0.2, 0.25) is 0 Å². The lowest BCUT2D eigenvalue weighted by molar-refractivity contribution is -0.148. The van der Waals surface area contributed by atoms with Crippen LogP contribution in [-0.2, 0) is 14.3 Å². The van der Waals surface area contributed by atoms with Crippen LogP contribution in [0.5, 0.6) is 0 Å². The van der Waals surface area contributed by atoms with Crippen LogP contribution in [0.1, 0.15) is 26.2 Å². The molecule has 0 aromatic carbocycles. The molecule has 4 heteroatoms. The summed E-state index contributed by atoms with van der Waals surface area (Å²) in [4.78, 5) is 21.8. The summed E-state index contributed by atoms with van der Waals surface area (Å²) < 4.78 is 4.77. The number of carbonyl (C=O) groups is 2. The van der Waals surface area contributed by atoms with Gasteiger partial charge in [0.15, 0.2) is 6.10 Å². The summed E-state index contributed by atoms with van der Waals surface area (Å²) in [5, 5.41) is 2.68. The van der Waals surface area contributed by atoms with Crippen LogP contribution in [0.15, 0.2) is 0 Å². The Morgan fingerprint density at radius 2 is 2.50 bits per heavy atom. The number of hydrogen-bond acceptors (Lipinski definition) is 3. The van der Waals surface area contributed by atoms with E-state index in [0.29, 0.717) is 19.4 Å². The van der Waals surface area contributed by atoms with Crippen LogP contribution < -0.4 is 5.32 Å². The molecule has 1 atom stereocenters. The third-order valence-corrected chi connectivity index (χ3v) is 1.73. The molecule has 0 spiro atoms. The van der Waals surface area contributed by atoms with Crippen molar-refractivity contribution in [2.45, 2.75) is 32.3 Å². The molecule has 0 aromatic rings. The molecular formula is C8H13NO3. The number of nitrogens with one attached hydrogen (secondary N) is 1. The first-order valence-corrected chi connectivity index (χ1v) is 4.21. The summed E-state index contributed by atoms with van der Waals surface area (Å²) >= 11 is 0. The van der Waals surface area contributed by atoms with Crippen molar-refractivity contribution < 1.29 is 14.3 Å². The predicted octanol–water partition coefficient (Wildman–Crippen LogP) is 0.218. The van der Waals surface area contributed by atoms with Crippen molar-refractivity contribution in [2.24, 2.45) is 0 Å². The second-order valence-electron chi connectivity index (χ2n) is 2.81. The minimum atomic E-state index is -0.538. The largest absolute Gasteiger partial charge is 0.452 e. The Balaban J connectivity index is 2.28. The van der Waals surface area contributed by atoms with Crippen molar-refractivity contribution in [3.63, 3.8) is 0 Å². The van der Waals surface area contributed by atoms with E-state index in [9.17, 15) is 9.59 Å². The van der Waals surface area contributed by atoms with E-state index in [1.165, 1.54) is 0 Å². The molecule has 0 aliphatic carbocycles. The fraction of sp³-hybridized carbons (Fsp3) is 0.750. The van der Waals surface area contributed by atoms with Crippen molar-refractivity contribution in [1.82, 2.24) is 5.32 Å². The van der Waals surface area contributed by atoms with E-state index in [2.05, 4.69) is 5.32 Å². The Morgan fingerprint density at radius 1 is 1.75 bits per heavy atom. The Labute approximate surface area is 71.3 Å². The van der Waals surface area contributed by atoms with Crippen LogP contribution >= 0.6 is 0 Å². The zero-order valence-electron chi connectivity index (χ0n) is 7.13. The molecule has 68 valence electrons. The predicted molar refractivity (Wildman–Crippen MR) is 42.4 cm³/mol. The lowest BCUT2D eigenvalue weighted by Gasteiger charge is -2.08. The lowest BCUT2D eigenvalue weighted by Crippen LogP contribution is -2.34. The molecule has 4 nitrogen and oxygen atoms in total. The maximum Gasteiger partial charge on any atom is 0.306 e. The normalized spacial score (nSPS) is 22.1. The Hall–Kier alpha value is -1.06. The van der Waals surface area contributed by atoms with Gasteiger partial charge in [-0.1, -0.05) is 6.92 Å². The van der Waals surface area contributed by atoms with Gasteiger partial charge in [-0.25, -0.2) is 0 Å². The van der Waals surface area contributed by atoms with Crippen LogP contribution in [0.2, 0.25) is 0 Å². The first-order valence-electron chi connectivity index (χ1n) is 4.21. The average Bonchev–Trinajstić information content (AvgIpc) is 2.47. The maximum atomic E-state index is 11.2. The molecule has 1 N–H and O–H groups in total. The molecule has 1 rings (SSSR count). The highest BCUT2D eigenvalue weighted by molar-refractivity contribution is 5.86. The monoisotopic (exact) mass is 171 g/mol. The van der Waals surface area contributed by atoms with Crippen molar-refractivity contribution >= 4 is 11.9 Å². The molecule has 1 aliphatic heterocycles. The van der Waals surface area contributed by atoms with Crippen molar-refractivity contribution in [1.29, 1.82) is 0 Å². The van der Waals surface area contributed by atoms with Gasteiger partial charge in [0, 0.05) is 19.4 Å². The van der Waals surface area contributed by atoms with Gasteiger partial charge >= 0.3 is 5.97 Å². The van der Waals surface area contributed by atoms with E-state index in [1.54, 1.807) is 0 Å². The van der Waals surface area contributed by atoms with E-state index < -0.39 is 6.10 Å². The average molecular weight is 171 g/mol. The second kappa shape index (κ2) is 4.09. The van der Waals surface area contributed by atoms with Crippen molar-refractivity contribution in [3.05, 3.63) is 0 Å². The smallest absolute Gasteiger partial charge is 0.306 e. The molecule has 1 aliphatic rings. The SMILES string of the molecule is CCCNC(=O)[C@H]1CCC(=O)O1. The number of hydrogen-bond donors (Lipinski definition) is 1. The van der Waals surface area contributed by atoms with Gasteiger partial charge in [-0.05, 0) is 6.42 Å². The van der Waals surface area contributed by atoms with Crippen LogP contribution in [0.25, 0.3) is 0 Å². The first kappa shape index (κ1) is 9.03. The zero-order valence-corrected chi connectivity index (χ0v) is 7.13. The molecular weight excluding hydrogens is 158 g/mol. The third-order valence-electron chi connectivity index (χ3n) is 1.73. The zero-order chi connectivity index (χ0) is 8.97. The summed E-state index contributed by atoms with van der Waals surface area (Å²) in [6, 6.07) is 0. The highest BCUT2D eigenvalue weighted by Gasteiger charge is 2.29. The Morgan fingerprint density at radius 3 is 3.00 bits per heavy atom. The molecule has 1 amide bonds. The maximum absolute atomic E-state index is 11.2. The second-order valence-corrected chi connectivity index (χ2v) is 2.81. The standard InChI is InChI=1S/C8H13NO3/c1-2-5-9-8(11)6-3-4-7(10)12-6/h6H,2-5H2,1H3,(H,9,11)/t6-/m1/s1. The van der Waals surface area contributed by atoms with Crippen molar-refractivity contribution in [3.8, 4) is 0 Å². The molecule has 0 unspecified atom stereocenters. The van der Waals surface area contributed by atoms with E-state index in [0.717, 1.165) is 6.42 Å². The minimum Gasteiger partial charge on any atom is -0.452 e. The topological polar surface area (TPSA) is 55.4 Å². The van der Waals surface area contributed by atoms with E-state index in [4.69, 9.17) is 4.74 Å². The third kappa shape index (κ3) is 2.22. The van der Waals surface area contributed by atoms with Gasteiger partial charge in [-0.3, -0.25) is 9.59 Å². The van der Waals surface area contributed by atoms with Crippen LogP contribution in [0.3, 0.4) is 0 Å². The van der Waals surface area contributed by atoms with Gasteiger partial charge in [0.25, 0.3) is 5.91 Å². The molecule has 0 aromatic heterocycles. The number of carbonyl (C=O) groups excluding carboxylic acids is 2. The van der Waals surface area contributed by atoms with Crippen LogP contribution in [-0.4, -0.2) is 24.5 Å². The molecule has 0 bridgehead atoms. The summed E-state index contributed by atoms with van der Waals surface area (Å²) in [5.74, 6) is -0.436. The number of ether oxygens (including phenoxy) is 1. The van der Waals surface area contributed by atoms with E-state index in [-0.39, 0.29) is 11.9 Å². The highest BCUT2D eigenvalue weighted by atomic mass is 16.6. The number of amides is 1. The molecule has 0 radical (unpaired) electrons. The first-order chi connectivity index (χ1) is 5.74. The van der Waals surface area contributed by atoms with Gasteiger partial charge in [0.05, 0.1) is 0 Å². The fourth-order valence-corrected chi connectivity index (χ4v) is 1.07. The molecule has 12 heavy (non-hydrogen) atoms. The summed E-state index contributed by atoms with van der Waals surface area (Å²) in [6.45, 7) is 2.62. The summed E-state index contributed by atoms with van der Waals surface area (Å²) in [6.07, 6.45) is 1.24.